The van der Waals surface area contributed by atoms with E-state index in [9.17, 15) is 0 Å². The quantitative estimate of drug-likeness (QED) is 0.503. The fourth-order valence-electron chi connectivity index (χ4n) is 0.499. The summed E-state index contributed by atoms with van der Waals surface area (Å²) in [5.74, 6) is 1.50. The molecule has 1 aliphatic rings. The molecule has 0 bridgehead atoms. The van der Waals surface area contributed by atoms with E-state index in [4.69, 9.17) is 4.74 Å². The van der Waals surface area contributed by atoms with Crippen molar-refractivity contribution in [1.82, 2.24) is 5.43 Å². The Morgan fingerprint density at radius 1 is 1.62 bits per heavy atom. The number of nitrogens with one attached hydrogen (secondary N) is 1. The minimum atomic E-state index is 0.657. The van der Waals surface area contributed by atoms with Crippen LogP contribution in [0, 0.1) is 0 Å². The zero-order valence-corrected chi connectivity index (χ0v) is 4.93. The molecule has 1 heterocycles. The van der Waals surface area contributed by atoms with Gasteiger partial charge in [0, 0.05) is 6.92 Å². The molecule has 1 aliphatic heterocycles. The number of allylic oxidation sites excluding steroid dienone is 1. The van der Waals surface area contributed by atoms with Crippen molar-refractivity contribution in [1.29, 1.82) is 0 Å². The molecule has 0 aliphatic carbocycles. The lowest BCUT2D eigenvalue weighted by molar-refractivity contribution is 0.392. The lowest BCUT2D eigenvalue weighted by Crippen LogP contribution is -2.11. The molecular formula is C5H8N2O. The van der Waals surface area contributed by atoms with E-state index in [2.05, 4.69) is 10.5 Å². The summed E-state index contributed by atoms with van der Waals surface area (Å²) >= 11 is 0. The van der Waals surface area contributed by atoms with Gasteiger partial charge in [-0.25, -0.2) is 0 Å². The van der Waals surface area contributed by atoms with Crippen LogP contribution in [0.3, 0.4) is 0 Å². The van der Waals surface area contributed by atoms with Crippen molar-refractivity contribution in [3.05, 3.63) is 12.0 Å². The van der Waals surface area contributed by atoms with Crippen LogP contribution in [0.5, 0.6) is 0 Å². The van der Waals surface area contributed by atoms with E-state index in [1.165, 1.54) is 0 Å². The smallest absolute Gasteiger partial charge is 0.208 e. The number of nitrogens with zero attached hydrogens (tertiary/aromatic N) is 1. The molecule has 0 aromatic heterocycles. The summed E-state index contributed by atoms with van der Waals surface area (Å²) in [4.78, 5) is 0. The molecule has 0 atom stereocenters. The van der Waals surface area contributed by atoms with Crippen molar-refractivity contribution in [2.75, 3.05) is 0 Å². The first kappa shape index (κ1) is 5.15. The third-order valence-corrected chi connectivity index (χ3v) is 0.799. The maximum atomic E-state index is 5.03. The zero-order chi connectivity index (χ0) is 5.98. The highest BCUT2D eigenvalue weighted by Gasteiger charge is 1.96. The van der Waals surface area contributed by atoms with Gasteiger partial charge in [0.25, 0.3) is 0 Å². The standard InChI is InChI=1S/C5H8N2O/c1-4-3-6-7-5(2)8-4/h3,6H,1-2H3. The molecule has 0 aromatic carbocycles. The minimum Gasteiger partial charge on any atom is -0.445 e. The van der Waals surface area contributed by atoms with Gasteiger partial charge in [0.1, 0.15) is 5.76 Å². The SMILES string of the molecule is CC1=CNN=C(C)O1. The lowest BCUT2D eigenvalue weighted by atomic mass is 10.6. The molecule has 1 N–H and O–H groups in total. The van der Waals surface area contributed by atoms with Gasteiger partial charge in [-0.15, -0.1) is 5.10 Å². The molecule has 44 valence electrons. The zero-order valence-electron chi connectivity index (χ0n) is 4.93. The van der Waals surface area contributed by atoms with Crippen LogP contribution in [0.25, 0.3) is 0 Å². The molecule has 3 nitrogen and oxygen atoms in total. The minimum absolute atomic E-state index is 0.657. The van der Waals surface area contributed by atoms with Crippen LogP contribution < -0.4 is 5.43 Å². The fraction of sp³-hybridized carbons (Fsp3) is 0.400. The Hall–Kier alpha value is -0.990. The fourth-order valence-corrected chi connectivity index (χ4v) is 0.499. The van der Waals surface area contributed by atoms with E-state index >= 15 is 0 Å². The van der Waals surface area contributed by atoms with E-state index in [1.807, 2.05) is 6.92 Å². The molecule has 3 heteroatoms. The highest BCUT2D eigenvalue weighted by molar-refractivity contribution is 5.74. The predicted octanol–water partition coefficient (Wildman–Crippen LogP) is 0.801. The summed E-state index contributed by atoms with van der Waals surface area (Å²) in [6.07, 6.45) is 1.70. The summed E-state index contributed by atoms with van der Waals surface area (Å²) in [7, 11) is 0. The molecule has 0 saturated heterocycles. The van der Waals surface area contributed by atoms with Gasteiger partial charge in [0.15, 0.2) is 0 Å². The van der Waals surface area contributed by atoms with Crippen LogP contribution >= 0.6 is 0 Å². The van der Waals surface area contributed by atoms with E-state index in [0.717, 1.165) is 5.76 Å². The van der Waals surface area contributed by atoms with Crippen molar-refractivity contribution in [2.45, 2.75) is 13.8 Å². The van der Waals surface area contributed by atoms with E-state index in [1.54, 1.807) is 13.1 Å². The number of ether oxygens (including phenoxy) is 1. The van der Waals surface area contributed by atoms with E-state index in [0.29, 0.717) is 5.90 Å². The van der Waals surface area contributed by atoms with Crippen molar-refractivity contribution in [2.24, 2.45) is 5.10 Å². The van der Waals surface area contributed by atoms with Crippen molar-refractivity contribution < 1.29 is 4.74 Å². The number of hydrazone groups is 1. The summed E-state index contributed by atoms with van der Waals surface area (Å²) in [5, 5.41) is 3.75. The third kappa shape index (κ3) is 0.992. The summed E-state index contributed by atoms with van der Waals surface area (Å²) in [6.45, 7) is 3.66. The van der Waals surface area contributed by atoms with Crippen LogP contribution in [-0.2, 0) is 4.74 Å². The Morgan fingerprint density at radius 3 is 2.75 bits per heavy atom. The Morgan fingerprint density at radius 2 is 2.38 bits per heavy atom. The second-order valence-electron chi connectivity index (χ2n) is 1.62. The molecule has 8 heavy (non-hydrogen) atoms. The van der Waals surface area contributed by atoms with Crippen LogP contribution in [0.2, 0.25) is 0 Å². The van der Waals surface area contributed by atoms with Gasteiger partial charge in [0.2, 0.25) is 5.90 Å². The van der Waals surface area contributed by atoms with E-state index < -0.39 is 0 Å². The Bertz CT molecular complexity index is 133. The first-order chi connectivity index (χ1) is 3.79. The highest BCUT2D eigenvalue weighted by Crippen LogP contribution is 1.98. The van der Waals surface area contributed by atoms with Crippen LogP contribution in [0.15, 0.2) is 17.1 Å². The predicted molar refractivity (Wildman–Crippen MR) is 31.1 cm³/mol. The van der Waals surface area contributed by atoms with Gasteiger partial charge in [-0.2, -0.15) is 0 Å². The van der Waals surface area contributed by atoms with Gasteiger partial charge >= 0.3 is 0 Å². The van der Waals surface area contributed by atoms with E-state index in [-0.39, 0.29) is 0 Å². The van der Waals surface area contributed by atoms with Crippen LogP contribution in [-0.4, -0.2) is 5.90 Å². The molecule has 1 rings (SSSR count). The van der Waals surface area contributed by atoms with Crippen LogP contribution in [0.4, 0.5) is 0 Å². The van der Waals surface area contributed by atoms with Gasteiger partial charge < -0.3 is 4.74 Å². The molecule has 0 fully saturated rings. The van der Waals surface area contributed by atoms with Gasteiger partial charge in [0.05, 0.1) is 6.20 Å². The van der Waals surface area contributed by atoms with Crippen molar-refractivity contribution >= 4 is 5.90 Å². The number of hydrogen-bond acceptors (Lipinski definition) is 3. The van der Waals surface area contributed by atoms with Crippen LogP contribution in [0.1, 0.15) is 13.8 Å². The second kappa shape index (κ2) is 1.86. The molecule has 0 saturated carbocycles. The summed E-state index contributed by atoms with van der Waals surface area (Å²) in [5.41, 5.74) is 2.69. The highest BCUT2D eigenvalue weighted by atomic mass is 16.5. The topological polar surface area (TPSA) is 33.6 Å². The normalized spacial score (nSPS) is 17.8. The Labute approximate surface area is 48.0 Å². The Balaban J connectivity index is 2.57. The number of rotatable bonds is 0. The largest absolute Gasteiger partial charge is 0.445 e. The van der Waals surface area contributed by atoms with Gasteiger partial charge in [-0.05, 0) is 6.92 Å². The van der Waals surface area contributed by atoms with Crippen molar-refractivity contribution in [3.8, 4) is 0 Å². The van der Waals surface area contributed by atoms with Gasteiger partial charge in [-0.1, -0.05) is 0 Å². The molecular weight excluding hydrogens is 104 g/mol. The average molecular weight is 112 g/mol. The molecule has 0 spiro atoms. The average Bonchev–Trinajstić information content (AvgIpc) is 1.64. The maximum Gasteiger partial charge on any atom is 0.208 e. The maximum absolute atomic E-state index is 5.03. The third-order valence-electron chi connectivity index (χ3n) is 0.799. The molecule has 0 amide bonds. The molecule has 0 aromatic rings. The van der Waals surface area contributed by atoms with Gasteiger partial charge in [-0.3, -0.25) is 5.43 Å². The van der Waals surface area contributed by atoms with Crippen molar-refractivity contribution in [3.63, 3.8) is 0 Å². The second-order valence-corrected chi connectivity index (χ2v) is 1.62. The monoisotopic (exact) mass is 112 g/mol. The first-order valence-corrected chi connectivity index (χ1v) is 2.43. The summed E-state index contributed by atoms with van der Waals surface area (Å²) in [6, 6.07) is 0. The molecule has 0 unspecified atom stereocenters. The first-order valence-electron chi connectivity index (χ1n) is 2.43. The lowest BCUT2D eigenvalue weighted by Gasteiger charge is -2.08. The summed E-state index contributed by atoms with van der Waals surface area (Å²) < 4.78 is 5.03. The molecule has 0 radical (unpaired) electrons. The number of hydrogen-bond donors (Lipinski definition) is 1. The Kier molecular flexibility index (Phi) is 1.20.